The number of hydrogen-bond donors (Lipinski definition) is 1. The second-order valence-corrected chi connectivity index (χ2v) is 3.27. The maximum atomic E-state index is 13.6. The number of rotatable bonds is 1. The number of aryl methyl sites for hydroxylation is 1. The molecule has 1 aliphatic rings. The van der Waals surface area contributed by atoms with Crippen LogP contribution in [0.15, 0.2) is 18.2 Å². The molecule has 1 saturated heterocycles. The summed E-state index contributed by atoms with van der Waals surface area (Å²) in [4.78, 5) is 10.8. The minimum atomic E-state index is -0.490. The van der Waals surface area contributed by atoms with Crippen molar-refractivity contribution >= 4 is 6.09 Å². The van der Waals surface area contributed by atoms with Crippen molar-refractivity contribution in [2.75, 3.05) is 6.61 Å². The number of hydrogen-bond acceptors (Lipinski definition) is 2. The largest absolute Gasteiger partial charge is 0.447 e. The number of benzene rings is 1. The zero-order valence-corrected chi connectivity index (χ0v) is 7.71. The summed E-state index contributed by atoms with van der Waals surface area (Å²) in [6.07, 6.45) is -0.490. The van der Waals surface area contributed by atoms with Gasteiger partial charge in [0.05, 0.1) is 6.04 Å². The van der Waals surface area contributed by atoms with Crippen LogP contribution in [-0.2, 0) is 4.74 Å². The topological polar surface area (TPSA) is 38.3 Å². The zero-order chi connectivity index (χ0) is 10.1. The van der Waals surface area contributed by atoms with Crippen LogP contribution in [0.1, 0.15) is 17.2 Å². The fourth-order valence-corrected chi connectivity index (χ4v) is 1.49. The van der Waals surface area contributed by atoms with E-state index in [4.69, 9.17) is 4.74 Å². The van der Waals surface area contributed by atoms with E-state index in [0.717, 1.165) is 0 Å². The predicted octanol–water partition coefficient (Wildman–Crippen LogP) is 1.92. The molecule has 1 aliphatic heterocycles. The summed E-state index contributed by atoms with van der Waals surface area (Å²) in [6.45, 7) is 1.88. The molecule has 1 aromatic rings. The standard InChI is InChI=1S/C10H10FNO2/c1-6-3-2-4-7(9(6)11)8-5-14-10(13)12-8/h2-4,8H,5H2,1H3,(H,12,13). The highest BCUT2D eigenvalue weighted by atomic mass is 19.1. The third-order valence-corrected chi connectivity index (χ3v) is 2.27. The summed E-state index contributed by atoms with van der Waals surface area (Å²) in [5.74, 6) is -0.275. The highest BCUT2D eigenvalue weighted by molar-refractivity contribution is 5.70. The van der Waals surface area contributed by atoms with E-state index in [1.807, 2.05) is 0 Å². The molecule has 0 aliphatic carbocycles. The van der Waals surface area contributed by atoms with Crippen molar-refractivity contribution in [2.45, 2.75) is 13.0 Å². The Kier molecular flexibility index (Phi) is 2.11. The van der Waals surface area contributed by atoms with E-state index in [-0.39, 0.29) is 18.5 Å². The van der Waals surface area contributed by atoms with Crippen molar-refractivity contribution in [3.05, 3.63) is 35.1 Å². The van der Waals surface area contributed by atoms with Gasteiger partial charge in [-0.15, -0.1) is 0 Å². The lowest BCUT2D eigenvalue weighted by atomic mass is 10.0. The van der Waals surface area contributed by atoms with Gasteiger partial charge in [0.15, 0.2) is 0 Å². The first-order valence-electron chi connectivity index (χ1n) is 4.37. The van der Waals surface area contributed by atoms with E-state index in [1.165, 1.54) is 0 Å². The molecular formula is C10H10FNO2. The van der Waals surface area contributed by atoms with Gasteiger partial charge in [-0.3, -0.25) is 0 Å². The van der Waals surface area contributed by atoms with Gasteiger partial charge in [-0.05, 0) is 12.5 Å². The lowest BCUT2D eigenvalue weighted by molar-refractivity contribution is 0.177. The molecule has 1 N–H and O–H groups in total. The number of nitrogens with one attached hydrogen (secondary N) is 1. The third kappa shape index (κ3) is 1.43. The number of carbonyl (C=O) groups is 1. The molecule has 0 bridgehead atoms. The van der Waals surface area contributed by atoms with Gasteiger partial charge in [0.1, 0.15) is 12.4 Å². The summed E-state index contributed by atoms with van der Waals surface area (Å²) >= 11 is 0. The van der Waals surface area contributed by atoms with Crippen LogP contribution >= 0.6 is 0 Å². The molecule has 1 atom stereocenters. The maximum Gasteiger partial charge on any atom is 0.407 e. The van der Waals surface area contributed by atoms with Gasteiger partial charge in [-0.25, -0.2) is 9.18 Å². The molecule has 0 spiro atoms. The number of amides is 1. The number of halogens is 1. The molecule has 1 heterocycles. The first-order chi connectivity index (χ1) is 6.68. The monoisotopic (exact) mass is 195 g/mol. The molecule has 2 rings (SSSR count). The second-order valence-electron chi connectivity index (χ2n) is 3.27. The van der Waals surface area contributed by atoms with E-state index < -0.39 is 6.09 Å². The molecule has 0 aromatic heterocycles. The van der Waals surface area contributed by atoms with Crippen molar-refractivity contribution in [1.29, 1.82) is 0 Å². The molecule has 0 saturated carbocycles. The lowest BCUT2D eigenvalue weighted by Crippen LogP contribution is -2.19. The van der Waals surface area contributed by atoms with Crippen LogP contribution in [0, 0.1) is 12.7 Å². The SMILES string of the molecule is Cc1cccc(C2COC(=O)N2)c1F. The Morgan fingerprint density at radius 3 is 3.00 bits per heavy atom. The van der Waals surface area contributed by atoms with E-state index in [0.29, 0.717) is 11.1 Å². The van der Waals surface area contributed by atoms with Crippen molar-refractivity contribution in [1.82, 2.24) is 5.32 Å². The molecule has 4 heteroatoms. The number of alkyl carbamates (subject to hydrolysis) is 1. The summed E-state index contributed by atoms with van der Waals surface area (Å²) in [5, 5.41) is 2.54. The quantitative estimate of drug-likeness (QED) is 0.743. The molecule has 0 radical (unpaired) electrons. The number of carbonyl (C=O) groups excluding carboxylic acids is 1. The van der Waals surface area contributed by atoms with E-state index in [2.05, 4.69) is 5.32 Å². The molecule has 1 fully saturated rings. The third-order valence-electron chi connectivity index (χ3n) is 2.27. The Balaban J connectivity index is 2.32. The maximum absolute atomic E-state index is 13.6. The first kappa shape index (κ1) is 8.99. The van der Waals surface area contributed by atoms with Crippen LogP contribution in [0.4, 0.5) is 9.18 Å². The van der Waals surface area contributed by atoms with Crippen LogP contribution in [0.3, 0.4) is 0 Å². The van der Waals surface area contributed by atoms with Gasteiger partial charge in [-0.2, -0.15) is 0 Å². The van der Waals surface area contributed by atoms with Crippen molar-refractivity contribution in [3.8, 4) is 0 Å². The second kappa shape index (κ2) is 3.29. The van der Waals surface area contributed by atoms with Crippen LogP contribution in [0.5, 0.6) is 0 Å². The summed E-state index contributed by atoms with van der Waals surface area (Å²) in [5.41, 5.74) is 1.06. The Labute approximate surface area is 80.9 Å². The fraction of sp³-hybridized carbons (Fsp3) is 0.300. The molecule has 14 heavy (non-hydrogen) atoms. The number of cyclic esters (lactones) is 1. The summed E-state index contributed by atoms with van der Waals surface area (Å²) in [6, 6.07) is 4.75. The van der Waals surface area contributed by atoms with Crippen LogP contribution in [0.2, 0.25) is 0 Å². The van der Waals surface area contributed by atoms with E-state index in [9.17, 15) is 9.18 Å². The van der Waals surface area contributed by atoms with Gasteiger partial charge in [0, 0.05) is 5.56 Å². The highest BCUT2D eigenvalue weighted by Gasteiger charge is 2.26. The number of ether oxygens (including phenoxy) is 1. The molecule has 3 nitrogen and oxygen atoms in total. The smallest absolute Gasteiger partial charge is 0.407 e. The Morgan fingerprint density at radius 1 is 1.57 bits per heavy atom. The molecule has 1 unspecified atom stereocenters. The molecule has 74 valence electrons. The van der Waals surface area contributed by atoms with Crippen molar-refractivity contribution in [2.24, 2.45) is 0 Å². The molecule has 1 aromatic carbocycles. The van der Waals surface area contributed by atoms with Crippen LogP contribution in [0.25, 0.3) is 0 Å². The van der Waals surface area contributed by atoms with Crippen LogP contribution in [-0.4, -0.2) is 12.7 Å². The lowest BCUT2D eigenvalue weighted by Gasteiger charge is -2.09. The van der Waals surface area contributed by atoms with Gasteiger partial charge in [0.25, 0.3) is 0 Å². The first-order valence-corrected chi connectivity index (χ1v) is 4.37. The zero-order valence-electron chi connectivity index (χ0n) is 7.71. The Hall–Kier alpha value is -1.58. The van der Waals surface area contributed by atoms with E-state index in [1.54, 1.807) is 25.1 Å². The van der Waals surface area contributed by atoms with Crippen molar-refractivity contribution in [3.63, 3.8) is 0 Å². The van der Waals surface area contributed by atoms with Gasteiger partial charge in [0.2, 0.25) is 0 Å². The Morgan fingerprint density at radius 2 is 2.36 bits per heavy atom. The van der Waals surface area contributed by atoms with Gasteiger partial charge < -0.3 is 10.1 Å². The summed E-state index contributed by atoms with van der Waals surface area (Å²) in [7, 11) is 0. The van der Waals surface area contributed by atoms with Crippen molar-refractivity contribution < 1.29 is 13.9 Å². The average molecular weight is 195 g/mol. The average Bonchev–Trinajstić information content (AvgIpc) is 2.57. The predicted molar refractivity (Wildman–Crippen MR) is 48.4 cm³/mol. The minimum Gasteiger partial charge on any atom is -0.447 e. The minimum absolute atomic E-state index is 0.194. The van der Waals surface area contributed by atoms with E-state index >= 15 is 0 Å². The van der Waals surface area contributed by atoms with Gasteiger partial charge in [-0.1, -0.05) is 18.2 Å². The molecule has 1 amide bonds. The van der Waals surface area contributed by atoms with Gasteiger partial charge >= 0.3 is 6.09 Å². The Bertz CT molecular complexity index is 378. The summed E-state index contributed by atoms with van der Waals surface area (Å²) < 4.78 is 18.3. The fourth-order valence-electron chi connectivity index (χ4n) is 1.49. The molecular weight excluding hydrogens is 185 g/mol. The normalized spacial score (nSPS) is 20.4. The van der Waals surface area contributed by atoms with Crippen LogP contribution < -0.4 is 5.32 Å². The highest BCUT2D eigenvalue weighted by Crippen LogP contribution is 2.22.